The first kappa shape index (κ1) is 32.0. The van der Waals surface area contributed by atoms with E-state index in [1.807, 2.05) is 0 Å². The van der Waals surface area contributed by atoms with E-state index in [2.05, 4.69) is 54.5 Å². The van der Waals surface area contributed by atoms with Crippen LogP contribution in [0.5, 0.6) is 0 Å². The van der Waals surface area contributed by atoms with Crippen molar-refractivity contribution in [3.63, 3.8) is 0 Å². The predicted molar refractivity (Wildman–Crippen MR) is 164 cm³/mol. The Hall–Kier alpha value is -0.990. The SMILES string of the molecule is COC(=O)[C@]12CCC(C)(C)C[C@H]1C1=CC[C@@H]3[C@@]4(C)CC[C@H](O[C@@H]5OC[C@@H](O)[C@H](O)[C@H]5O)C(C)(C)[C@@H]4CC[C@@]3(C)[C@]1(C)CC2. The van der Waals surface area contributed by atoms with Crippen molar-refractivity contribution in [3.8, 4) is 0 Å². The van der Waals surface area contributed by atoms with Gasteiger partial charge in [-0.3, -0.25) is 4.79 Å². The van der Waals surface area contributed by atoms with Crippen molar-refractivity contribution < 1.29 is 34.3 Å². The summed E-state index contributed by atoms with van der Waals surface area (Å²) in [6.45, 7) is 17.0. The van der Waals surface area contributed by atoms with Gasteiger partial charge in [0.15, 0.2) is 6.29 Å². The van der Waals surface area contributed by atoms with Crippen molar-refractivity contribution in [2.75, 3.05) is 13.7 Å². The minimum Gasteiger partial charge on any atom is -0.469 e. The van der Waals surface area contributed by atoms with Gasteiger partial charge in [0.1, 0.15) is 18.3 Å². The highest BCUT2D eigenvalue weighted by molar-refractivity contribution is 5.78. The second-order valence-corrected chi connectivity index (χ2v) is 17.6. The van der Waals surface area contributed by atoms with Crippen molar-refractivity contribution in [2.45, 2.75) is 143 Å². The van der Waals surface area contributed by atoms with Crippen LogP contribution in [0.3, 0.4) is 0 Å². The lowest BCUT2D eigenvalue weighted by molar-refractivity contribution is -0.308. The molecule has 3 N–H and O–H groups in total. The Morgan fingerprint density at radius 3 is 2.28 bits per heavy atom. The zero-order chi connectivity index (χ0) is 31.4. The smallest absolute Gasteiger partial charge is 0.312 e. The number of carbonyl (C=O) groups is 1. The average Bonchev–Trinajstić information content (AvgIpc) is 2.94. The quantitative estimate of drug-likeness (QED) is 0.214. The Balaban J connectivity index is 1.30. The molecular weight excluding hydrogens is 544 g/mol. The van der Waals surface area contributed by atoms with Crippen LogP contribution in [0, 0.1) is 50.2 Å². The first-order valence-corrected chi connectivity index (χ1v) is 17.1. The van der Waals surface area contributed by atoms with Gasteiger partial charge >= 0.3 is 5.97 Å². The van der Waals surface area contributed by atoms with Crippen LogP contribution >= 0.6 is 0 Å². The van der Waals surface area contributed by atoms with E-state index in [9.17, 15) is 20.1 Å². The minimum atomic E-state index is -1.27. The summed E-state index contributed by atoms with van der Waals surface area (Å²) in [6, 6.07) is 0. The van der Waals surface area contributed by atoms with E-state index in [1.54, 1.807) is 12.7 Å². The summed E-state index contributed by atoms with van der Waals surface area (Å²) in [4.78, 5) is 13.5. The number of carbonyl (C=O) groups excluding carboxylic acids is 1. The standard InChI is InChI=1S/C36H58O7/c1-31(2)15-17-36(30(40)41-8)18-16-34(6)21(22(36)19-31)9-10-25-33(5)13-12-26(32(3,4)24(33)11-14-35(25,34)7)43-29-28(39)27(38)23(37)20-42-29/h9,22-29,37-39H,10-20H2,1-8H3/t22-,23+,24-,25+,26-,27-,28+,29-,33-,34+,35+,36-/m0/s1. The van der Waals surface area contributed by atoms with Crippen molar-refractivity contribution in [3.05, 3.63) is 11.6 Å². The van der Waals surface area contributed by atoms with Crippen molar-refractivity contribution in [1.29, 1.82) is 0 Å². The number of rotatable bonds is 3. The zero-order valence-electron chi connectivity index (χ0n) is 27.9. The summed E-state index contributed by atoms with van der Waals surface area (Å²) < 4.78 is 17.7. The first-order chi connectivity index (χ1) is 20.0. The van der Waals surface area contributed by atoms with Crippen LogP contribution in [0.4, 0.5) is 0 Å². The number of hydrogen-bond donors (Lipinski definition) is 3. The lowest BCUT2D eigenvalue weighted by atomic mass is 9.33. The minimum absolute atomic E-state index is 0.00746. The lowest BCUT2D eigenvalue weighted by Gasteiger charge is -2.71. The highest BCUT2D eigenvalue weighted by atomic mass is 16.7. The molecule has 0 unspecified atom stereocenters. The molecule has 0 aromatic rings. The number of ether oxygens (including phenoxy) is 3. The highest BCUT2D eigenvalue weighted by Gasteiger charge is 2.69. The zero-order valence-corrected chi connectivity index (χ0v) is 27.9. The number of hydrogen-bond acceptors (Lipinski definition) is 7. The summed E-state index contributed by atoms with van der Waals surface area (Å²) >= 11 is 0. The van der Waals surface area contributed by atoms with Crippen LogP contribution in [0.15, 0.2) is 11.6 Å². The number of fused-ring (bicyclic) bond motifs is 7. The van der Waals surface area contributed by atoms with E-state index in [4.69, 9.17) is 14.2 Å². The van der Waals surface area contributed by atoms with Crippen LogP contribution in [0.2, 0.25) is 0 Å². The third-order valence-corrected chi connectivity index (χ3v) is 14.9. The van der Waals surface area contributed by atoms with Gasteiger partial charge in [0.25, 0.3) is 0 Å². The molecule has 0 aromatic carbocycles. The normalized spacial score (nSPS) is 52.0. The van der Waals surface area contributed by atoms with Crippen molar-refractivity contribution >= 4 is 5.97 Å². The molecule has 4 saturated carbocycles. The van der Waals surface area contributed by atoms with Gasteiger partial charge < -0.3 is 29.5 Å². The third kappa shape index (κ3) is 4.41. The summed E-state index contributed by atoms with van der Waals surface area (Å²) in [5.74, 6) is 1.23. The number of esters is 1. The first-order valence-electron chi connectivity index (χ1n) is 17.1. The van der Waals surface area contributed by atoms with Gasteiger partial charge in [-0.1, -0.05) is 60.1 Å². The molecule has 0 amide bonds. The van der Waals surface area contributed by atoms with E-state index >= 15 is 0 Å². The van der Waals surface area contributed by atoms with Gasteiger partial charge in [-0.2, -0.15) is 0 Å². The Labute approximate surface area is 259 Å². The molecule has 12 atom stereocenters. The molecule has 1 heterocycles. The second kappa shape index (κ2) is 10.3. The fourth-order valence-electron chi connectivity index (χ4n) is 12.1. The molecule has 0 aromatic heterocycles. The fourth-order valence-corrected chi connectivity index (χ4v) is 12.1. The van der Waals surface area contributed by atoms with E-state index in [1.165, 1.54) is 0 Å². The molecule has 5 fully saturated rings. The summed E-state index contributed by atoms with van der Waals surface area (Å²) in [7, 11) is 1.57. The van der Waals surface area contributed by atoms with Crippen LogP contribution in [-0.4, -0.2) is 65.7 Å². The topological polar surface area (TPSA) is 105 Å². The molecule has 0 spiro atoms. The van der Waals surface area contributed by atoms with E-state index in [0.717, 1.165) is 64.2 Å². The van der Waals surface area contributed by atoms with Gasteiger partial charge in [0, 0.05) is 0 Å². The second-order valence-electron chi connectivity index (χ2n) is 17.6. The Bertz CT molecular complexity index is 1150. The largest absolute Gasteiger partial charge is 0.469 e. The van der Waals surface area contributed by atoms with Crippen LogP contribution in [-0.2, 0) is 19.0 Å². The summed E-state index contributed by atoms with van der Waals surface area (Å²) in [6.07, 6.45) is 8.16. The molecule has 5 aliphatic carbocycles. The van der Waals surface area contributed by atoms with Gasteiger partial charge in [0.2, 0.25) is 0 Å². The Morgan fingerprint density at radius 1 is 0.884 bits per heavy atom. The molecule has 1 saturated heterocycles. The molecular formula is C36H58O7. The van der Waals surface area contributed by atoms with Crippen molar-refractivity contribution in [1.82, 2.24) is 0 Å². The van der Waals surface area contributed by atoms with E-state index in [0.29, 0.717) is 11.8 Å². The Morgan fingerprint density at radius 2 is 1.58 bits per heavy atom. The van der Waals surface area contributed by atoms with Gasteiger partial charge in [-0.15, -0.1) is 0 Å². The number of methoxy groups -OCH3 is 1. The van der Waals surface area contributed by atoms with E-state index in [-0.39, 0.29) is 57.1 Å². The molecule has 7 heteroatoms. The fraction of sp³-hybridized carbons (Fsp3) is 0.917. The van der Waals surface area contributed by atoms with Gasteiger partial charge in [-0.25, -0.2) is 0 Å². The van der Waals surface area contributed by atoms with E-state index < -0.39 is 24.6 Å². The molecule has 0 bridgehead atoms. The molecule has 7 nitrogen and oxygen atoms in total. The number of aliphatic hydroxyl groups excluding tert-OH is 3. The molecule has 1 aliphatic heterocycles. The highest BCUT2D eigenvalue weighted by Crippen LogP contribution is 2.76. The molecule has 244 valence electrons. The number of aliphatic hydroxyl groups is 3. The lowest BCUT2D eigenvalue weighted by Crippen LogP contribution is -2.65. The maximum absolute atomic E-state index is 13.5. The monoisotopic (exact) mass is 602 g/mol. The number of allylic oxidation sites excluding steroid dienone is 2. The molecule has 6 aliphatic rings. The third-order valence-electron chi connectivity index (χ3n) is 14.9. The summed E-state index contributed by atoms with van der Waals surface area (Å²) in [5, 5.41) is 30.8. The summed E-state index contributed by atoms with van der Waals surface area (Å²) in [5.41, 5.74) is 1.56. The molecule has 0 radical (unpaired) electrons. The van der Waals surface area contributed by atoms with Gasteiger partial charge in [-0.05, 0) is 109 Å². The predicted octanol–water partition coefficient (Wildman–Crippen LogP) is 5.79. The maximum Gasteiger partial charge on any atom is 0.312 e. The van der Waals surface area contributed by atoms with Crippen LogP contribution in [0.25, 0.3) is 0 Å². The van der Waals surface area contributed by atoms with Gasteiger partial charge in [0.05, 0.1) is 25.2 Å². The Kier molecular flexibility index (Phi) is 7.62. The maximum atomic E-state index is 13.5. The van der Waals surface area contributed by atoms with Crippen molar-refractivity contribution in [2.24, 2.45) is 50.2 Å². The van der Waals surface area contributed by atoms with Crippen LogP contribution in [0.1, 0.15) is 113 Å². The average molecular weight is 603 g/mol. The molecule has 43 heavy (non-hydrogen) atoms. The molecule has 6 rings (SSSR count). The van der Waals surface area contributed by atoms with Crippen LogP contribution < -0.4 is 0 Å².